The third kappa shape index (κ3) is 5.09. The average molecular weight is 407 g/mol. The molecule has 0 N–H and O–H groups in total. The standard InChI is InChI=1S/C25H30N2O3/c1-4-14-26-15-16-27(24(28)5-2)18-22(25(26)29)17-19-6-8-20(9-7-19)21-10-12-23(30-3)13-11-21/h4,6-13,22H,1,5,14-18H2,2-3H3/t22-/m1/s1. The van der Waals surface area contributed by atoms with Gasteiger partial charge in [-0.15, -0.1) is 6.58 Å². The number of carbonyl (C=O) groups is 2. The SMILES string of the molecule is C=CCN1CCN(C(=O)CC)C[C@@H](Cc2ccc(-c3ccc(OC)cc3)cc2)C1=O. The summed E-state index contributed by atoms with van der Waals surface area (Å²) in [7, 11) is 1.66. The average Bonchev–Trinajstić information content (AvgIpc) is 2.93. The first-order valence-corrected chi connectivity index (χ1v) is 10.5. The Morgan fingerprint density at radius 3 is 2.30 bits per heavy atom. The van der Waals surface area contributed by atoms with Gasteiger partial charge in [-0.2, -0.15) is 0 Å². The van der Waals surface area contributed by atoms with E-state index in [4.69, 9.17) is 4.74 Å². The highest BCUT2D eigenvalue weighted by Gasteiger charge is 2.31. The Labute approximate surface area is 178 Å². The normalized spacial score (nSPS) is 16.9. The lowest BCUT2D eigenvalue weighted by Crippen LogP contribution is -2.37. The lowest BCUT2D eigenvalue weighted by molar-refractivity contribution is -0.134. The number of nitrogens with zero attached hydrogens (tertiary/aromatic N) is 2. The van der Waals surface area contributed by atoms with Crippen molar-refractivity contribution in [3.63, 3.8) is 0 Å². The first kappa shape index (κ1) is 21.6. The van der Waals surface area contributed by atoms with Gasteiger partial charge in [-0.05, 0) is 35.2 Å². The van der Waals surface area contributed by atoms with Crippen molar-refractivity contribution in [2.24, 2.45) is 5.92 Å². The monoisotopic (exact) mass is 406 g/mol. The topological polar surface area (TPSA) is 49.9 Å². The molecule has 2 aromatic carbocycles. The molecule has 2 aromatic rings. The second-order valence-electron chi connectivity index (χ2n) is 7.59. The lowest BCUT2D eigenvalue weighted by atomic mass is 9.95. The minimum Gasteiger partial charge on any atom is -0.497 e. The summed E-state index contributed by atoms with van der Waals surface area (Å²) in [6.45, 7) is 7.76. The molecule has 0 unspecified atom stereocenters. The van der Waals surface area contributed by atoms with E-state index in [2.05, 4.69) is 30.8 Å². The van der Waals surface area contributed by atoms with Gasteiger partial charge in [0.05, 0.1) is 13.0 Å². The van der Waals surface area contributed by atoms with Gasteiger partial charge in [0, 0.05) is 32.6 Å². The molecule has 0 aromatic heterocycles. The highest BCUT2D eigenvalue weighted by Crippen LogP contribution is 2.24. The maximum atomic E-state index is 13.1. The Morgan fingerprint density at radius 1 is 1.10 bits per heavy atom. The van der Waals surface area contributed by atoms with Gasteiger partial charge >= 0.3 is 0 Å². The zero-order valence-electron chi connectivity index (χ0n) is 17.8. The van der Waals surface area contributed by atoms with Crippen LogP contribution in [0.3, 0.4) is 0 Å². The Kier molecular flexibility index (Phi) is 7.28. The molecule has 0 radical (unpaired) electrons. The van der Waals surface area contributed by atoms with Crippen LogP contribution >= 0.6 is 0 Å². The zero-order valence-corrected chi connectivity index (χ0v) is 17.8. The first-order chi connectivity index (χ1) is 14.5. The molecule has 1 aliphatic rings. The molecule has 1 saturated heterocycles. The number of carbonyl (C=O) groups excluding carboxylic acids is 2. The molecular formula is C25H30N2O3. The third-order valence-electron chi connectivity index (χ3n) is 5.61. The van der Waals surface area contributed by atoms with Crippen molar-refractivity contribution in [1.29, 1.82) is 0 Å². The fourth-order valence-electron chi connectivity index (χ4n) is 3.89. The number of rotatable bonds is 7. The van der Waals surface area contributed by atoms with Crippen LogP contribution < -0.4 is 4.74 Å². The number of amides is 2. The van der Waals surface area contributed by atoms with Crippen LogP contribution in [-0.4, -0.2) is 54.9 Å². The second-order valence-corrected chi connectivity index (χ2v) is 7.59. The quantitative estimate of drug-likeness (QED) is 0.658. The Bertz CT molecular complexity index is 874. The number of hydrogen-bond donors (Lipinski definition) is 0. The van der Waals surface area contributed by atoms with Crippen LogP contribution in [0.2, 0.25) is 0 Å². The molecule has 2 amide bonds. The summed E-state index contributed by atoms with van der Waals surface area (Å²) in [5.74, 6) is 0.788. The van der Waals surface area contributed by atoms with E-state index in [1.807, 2.05) is 41.0 Å². The number of methoxy groups -OCH3 is 1. The fourth-order valence-corrected chi connectivity index (χ4v) is 3.89. The fraction of sp³-hybridized carbons (Fsp3) is 0.360. The van der Waals surface area contributed by atoms with E-state index in [1.165, 1.54) is 0 Å². The van der Waals surface area contributed by atoms with Gasteiger partial charge in [0.15, 0.2) is 0 Å². The maximum Gasteiger partial charge on any atom is 0.228 e. The maximum absolute atomic E-state index is 13.1. The van der Waals surface area contributed by atoms with E-state index in [9.17, 15) is 9.59 Å². The minimum absolute atomic E-state index is 0.0977. The third-order valence-corrected chi connectivity index (χ3v) is 5.61. The van der Waals surface area contributed by atoms with Crippen LogP contribution in [0.4, 0.5) is 0 Å². The summed E-state index contributed by atoms with van der Waals surface area (Å²) >= 11 is 0. The van der Waals surface area contributed by atoms with E-state index < -0.39 is 0 Å². The highest BCUT2D eigenvalue weighted by atomic mass is 16.5. The van der Waals surface area contributed by atoms with Gasteiger partial charge in [-0.3, -0.25) is 9.59 Å². The molecular weight excluding hydrogens is 376 g/mol. The molecule has 1 aliphatic heterocycles. The van der Waals surface area contributed by atoms with Crippen LogP contribution in [0.15, 0.2) is 61.2 Å². The minimum atomic E-state index is -0.241. The van der Waals surface area contributed by atoms with Gasteiger partial charge < -0.3 is 14.5 Å². The van der Waals surface area contributed by atoms with Crippen molar-refractivity contribution in [3.05, 3.63) is 66.7 Å². The van der Waals surface area contributed by atoms with Crippen LogP contribution in [0.25, 0.3) is 11.1 Å². The molecule has 5 nitrogen and oxygen atoms in total. The Morgan fingerprint density at radius 2 is 1.73 bits per heavy atom. The van der Waals surface area contributed by atoms with Crippen LogP contribution in [0.5, 0.6) is 5.75 Å². The summed E-state index contributed by atoms with van der Waals surface area (Å²) in [5.41, 5.74) is 3.32. The Hall–Kier alpha value is -3.08. The lowest BCUT2D eigenvalue weighted by Gasteiger charge is -2.23. The van der Waals surface area contributed by atoms with Crippen molar-refractivity contribution < 1.29 is 14.3 Å². The number of hydrogen-bond acceptors (Lipinski definition) is 3. The molecule has 1 heterocycles. The van der Waals surface area contributed by atoms with E-state index in [1.54, 1.807) is 13.2 Å². The number of benzene rings is 2. The summed E-state index contributed by atoms with van der Waals surface area (Å²) in [6, 6.07) is 16.3. The molecule has 0 aliphatic carbocycles. The summed E-state index contributed by atoms with van der Waals surface area (Å²) in [5, 5.41) is 0. The van der Waals surface area contributed by atoms with Crippen molar-refractivity contribution in [1.82, 2.24) is 9.80 Å². The molecule has 30 heavy (non-hydrogen) atoms. The first-order valence-electron chi connectivity index (χ1n) is 10.5. The number of ether oxygens (including phenoxy) is 1. The molecule has 1 fully saturated rings. The Balaban J connectivity index is 1.76. The van der Waals surface area contributed by atoms with E-state index in [0.29, 0.717) is 39.0 Å². The van der Waals surface area contributed by atoms with E-state index in [-0.39, 0.29) is 17.7 Å². The molecule has 3 rings (SSSR count). The van der Waals surface area contributed by atoms with Crippen molar-refractivity contribution in [2.75, 3.05) is 33.3 Å². The van der Waals surface area contributed by atoms with Crippen LogP contribution in [0, 0.1) is 5.92 Å². The predicted molar refractivity (Wildman–Crippen MR) is 119 cm³/mol. The summed E-state index contributed by atoms with van der Waals surface area (Å²) in [6.07, 6.45) is 2.82. The zero-order chi connectivity index (χ0) is 21.5. The second kappa shape index (κ2) is 10.1. The smallest absolute Gasteiger partial charge is 0.228 e. The van der Waals surface area contributed by atoms with Gasteiger partial charge in [0.2, 0.25) is 11.8 Å². The van der Waals surface area contributed by atoms with Crippen molar-refractivity contribution in [2.45, 2.75) is 19.8 Å². The summed E-state index contributed by atoms with van der Waals surface area (Å²) < 4.78 is 5.22. The van der Waals surface area contributed by atoms with Crippen LogP contribution in [0.1, 0.15) is 18.9 Å². The largest absolute Gasteiger partial charge is 0.497 e. The van der Waals surface area contributed by atoms with Gasteiger partial charge in [-0.1, -0.05) is 49.4 Å². The van der Waals surface area contributed by atoms with Crippen LogP contribution in [-0.2, 0) is 16.0 Å². The van der Waals surface area contributed by atoms with Crippen molar-refractivity contribution in [3.8, 4) is 16.9 Å². The molecule has 0 spiro atoms. The summed E-state index contributed by atoms with van der Waals surface area (Å²) in [4.78, 5) is 29.0. The van der Waals surface area contributed by atoms with E-state index >= 15 is 0 Å². The highest BCUT2D eigenvalue weighted by molar-refractivity contribution is 5.82. The molecule has 0 saturated carbocycles. The van der Waals surface area contributed by atoms with Gasteiger partial charge in [0.1, 0.15) is 5.75 Å². The molecule has 5 heteroatoms. The molecule has 0 bridgehead atoms. The van der Waals surface area contributed by atoms with Crippen molar-refractivity contribution >= 4 is 11.8 Å². The van der Waals surface area contributed by atoms with Gasteiger partial charge in [0.25, 0.3) is 0 Å². The van der Waals surface area contributed by atoms with E-state index in [0.717, 1.165) is 22.4 Å². The van der Waals surface area contributed by atoms with Gasteiger partial charge in [-0.25, -0.2) is 0 Å². The molecule has 158 valence electrons. The predicted octanol–water partition coefficient (Wildman–Crippen LogP) is 3.79. The molecule has 1 atom stereocenters.